The van der Waals surface area contributed by atoms with Gasteiger partial charge in [-0.15, -0.1) is 0 Å². The van der Waals surface area contributed by atoms with Crippen LogP contribution < -0.4 is 0 Å². The number of carbonyl (C=O) groups excluding carboxylic acids is 4. The lowest BCUT2D eigenvalue weighted by Crippen LogP contribution is -2.27. The van der Waals surface area contributed by atoms with Gasteiger partial charge in [-0.25, -0.2) is 19.2 Å². The molecule has 0 bridgehead atoms. The van der Waals surface area contributed by atoms with Crippen LogP contribution in [0.3, 0.4) is 0 Å². The van der Waals surface area contributed by atoms with E-state index < -0.39 is 25.9 Å². The van der Waals surface area contributed by atoms with Gasteiger partial charge in [0.15, 0.2) is 0 Å². The summed E-state index contributed by atoms with van der Waals surface area (Å²) >= 11 is 2.35. The van der Waals surface area contributed by atoms with E-state index in [0.717, 1.165) is 28.4 Å². The molecule has 0 N–H and O–H groups in total. The lowest BCUT2D eigenvalue weighted by atomic mass is 11.5. The summed E-state index contributed by atoms with van der Waals surface area (Å²) in [5.74, 6) is 0. The third-order valence-electron chi connectivity index (χ3n) is 1.50. The van der Waals surface area contributed by atoms with Gasteiger partial charge in [-0.3, -0.25) is 0 Å². The highest BCUT2D eigenvalue weighted by Gasteiger charge is 2.49. The fraction of sp³-hybridized carbons (Fsp3) is 0.500. The fourth-order valence-electron chi connectivity index (χ4n) is 0.700. The van der Waals surface area contributed by atoms with Gasteiger partial charge in [0.1, 0.15) is 0 Å². The molecule has 0 radical (unpaired) electrons. The van der Waals surface area contributed by atoms with Crippen molar-refractivity contribution in [1.82, 2.24) is 0 Å². The third kappa shape index (κ3) is 7.89. The average Bonchev–Trinajstić information content (AvgIpc) is 2.46. The Morgan fingerprint density at radius 3 is 0.905 bits per heavy atom. The Balaban J connectivity index is 5.43. The van der Waals surface area contributed by atoms with Crippen LogP contribution in [-0.4, -0.2) is 54.3 Å². The van der Waals surface area contributed by atoms with Crippen molar-refractivity contribution in [3.8, 4) is 0 Å². The summed E-state index contributed by atoms with van der Waals surface area (Å²) in [6, 6.07) is 0. The lowest BCUT2D eigenvalue weighted by Gasteiger charge is -2.22. The molecule has 0 saturated heterocycles. The smallest absolute Gasteiger partial charge is 0.363 e. The molecule has 0 fully saturated rings. The second kappa shape index (κ2) is 10.3. The summed E-state index contributed by atoms with van der Waals surface area (Å²) in [5.41, 5.74) is 0. The van der Waals surface area contributed by atoms with Crippen LogP contribution in [0.4, 0.5) is 19.2 Å². The zero-order valence-corrected chi connectivity index (χ0v) is 15.7. The number of methoxy groups -OCH3 is 4. The Labute approximate surface area is 137 Å². The maximum atomic E-state index is 11.5. The molecule has 0 saturated carbocycles. The summed E-state index contributed by atoms with van der Waals surface area (Å²) in [5, 5.41) is -2.98. The molecule has 8 nitrogen and oxygen atoms in total. The molecule has 0 atom stereocenters. The quantitative estimate of drug-likeness (QED) is 0.397. The monoisotopic (exact) mass is 392 g/mol. The fourth-order valence-corrected chi connectivity index (χ4v) is 15.9. The maximum Gasteiger partial charge on any atom is 0.363 e. The topological polar surface area (TPSA) is 105 Å². The van der Waals surface area contributed by atoms with Gasteiger partial charge in [-0.1, -0.05) is 0 Å². The molecule has 0 aliphatic heterocycles. The number of ether oxygens (including phenoxy) is 4. The zero-order valence-electron chi connectivity index (χ0n) is 11.4. The van der Waals surface area contributed by atoms with E-state index in [1.807, 2.05) is 0 Å². The first kappa shape index (κ1) is 20.5. The minimum absolute atomic E-state index is 0.587. The Morgan fingerprint density at radius 1 is 0.571 bits per heavy atom. The van der Waals surface area contributed by atoms with Gasteiger partial charge < -0.3 is 18.9 Å². The second-order valence-electron chi connectivity index (χ2n) is 2.72. The molecule has 0 amide bonds. The van der Waals surface area contributed by atoms with Crippen LogP contribution in [0, 0.1) is 0 Å². The van der Waals surface area contributed by atoms with E-state index in [-0.39, 0.29) is 0 Å². The van der Waals surface area contributed by atoms with Gasteiger partial charge in [0.2, 0.25) is 0 Å². The molecule has 0 rings (SSSR count). The van der Waals surface area contributed by atoms with Gasteiger partial charge in [0.25, 0.3) is 0 Å². The Bertz CT molecular complexity index is 340. The predicted molar refractivity (Wildman–Crippen MR) is 85.7 cm³/mol. The van der Waals surface area contributed by atoms with E-state index in [1.165, 1.54) is 0 Å². The molecule has 0 aromatic rings. The Morgan fingerprint density at radius 2 is 0.762 bits per heavy atom. The molecule has 120 valence electrons. The van der Waals surface area contributed by atoms with Crippen molar-refractivity contribution >= 4 is 70.7 Å². The minimum atomic E-state index is -3.36. The summed E-state index contributed by atoms with van der Waals surface area (Å²) in [4.78, 5) is 46.1. The first-order valence-electron chi connectivity index (χ1n) is 4.90. The van der Waals surface area contributed by atoms with Crippen molar-refractivity contribution < 1.29 is 38.1 Å². The van der Waals surface area contributed by atoms with Crippen LogP contribution in [0.25, 0.3) is 0 Å². The van der Waals surface area contributed by atoms with E-state index in [4.69, 9.17) is 0 Å². The van der Waals surface area contributed by atoms with E-state index in [1.54, 1.807) is 0 Å². The standard InChI is InChI=1S/C8H12O8S4Si/c1-13-5(9)17-21(18-6(10)14-2,19-7(11)15-3)20-8(12)16-4/h1-4H3. The number of carbonyl (C=O) groups is 4. The first-order valence-corrected chi connectivity index (χ1v) is 13.1. The van der Waals surface area contributed by atoms with Gasteiger partial charge >= 0.3 is 25.9 Å². The summed E-state index contributed by atoms with van der Waals surface area (Å²) < 4.78 is 14.7. The van der Waals surface area contributed by atoms with E-state index in [2.05, 4.69) is 18.9 Å². The van der Waals surface area contributed by atoms with Crippen LogP contribution >= 0.6 is 44.8 Å². The number of rotatable bonds is 4. The van der Waals surface area contributed by atoms with Crippen LogP contribution in [0.2, 0.25) is 0 Å². The molecule has 0 aliphatic rings. The first-order chi connectivity index (χ1) is 9.82. The van der Waals surface area contributed by atoms with Crippen molar-refractivity contribution in [2.75, 3.05) is 28.4 Å². The van der Waals surface area contributed by atoms with Crippen LogP contribution in [0.15, 0.2) is 0 Å². The van der Waals surface area contributed by atoms with Gasteiger partial charge in [-0.05, 0) is 44.8 Å². The lowest BCUT2D eigenvalue weighted by molar-refractivity contribution is 0.200. The highest BCUT2D eigenvalue weighted by Crippen LogP contribution is 2.52. The van der Waals surface area contributed by atoms with Crippen molar-refractivity contribution in [3.63, 3.8) is 0 Å². The van der Waals surface area contributed by atoms with Gasteiger partial charge in [0, 0.05) is 0 Å². The molecule has 0 aliphatic carbocycles. The minimum Gasteiger partial charge on any atom is -0.461 e. The summed E-state index contributed by atoms with van der Waals surface area (Å²) in [7, 11) is 4.57. The number of hydrogen-bond acceptors (Lipinski definition) is 12. The number of hydrogen-bond donors (Lipinski definition) is 0. The molecular formula is C8H12O8S4Si. The van der Waals surface area contributed by atoms with Crippen molar-refractivity contribution in [2.45, 2.75) is 0 Å². The average molecular weight is 393 g/mol. The molecule has 0 aromatic heterocycles. The molecule has 0 spiro atoms. The van der Waals surface area contributed by atoms with Crippen LogP contribution in [0.5, 0.6) is 0 Å². The molecule has 13 heteroatoms. The predicted octanol–water partition coefficient (Wildman–Crippen LogP) is 3.42. The Hall–Kier alpha value is -0.503. The Kier molecular flexibility index (Phi) is 10.0. The van der Waals surface area contributed by atoms with Gasteiger partial charge in [0.05, 0.1) is 28.4 Å². The van der Waals surface area contributed by atoms with Gasteiger partial charge in [-0.2, -0.15) is 0 Å². The van der Waals surface area contributed by atoms with Crippen LogP contribution in [0.1, 0.15) is 0 Å². The highest BCUT2D eigenvalue weighted by atomic mass is 32.9. The third-order valence-corrected chi connectivity index (χ3v) is 17.8. The van der Waals surface area contributed by atoms with Crippen molar-refractivity contribution in [2.24, 2.45) is 0 Å². The normalized spacial score (nSPS) is 10.5. The molecule has 21 heavy (non-hydrogen) atoms. The molecule has 0 unspecified atom stereocenters. The molecule has 0 aromatic carbocycles. The van der Waals surface area contributed by atoms with E-state index in [9.17, 15) is 19.2 Å². The largest absolute Gasteiger partial charge is 0.461 e. The van der Waals surface area contributed by atoms with Crippen molar-refractivity contribution in [3.05, 3.63) is 0 Å². The SMILES string of the molecule is COC(=O)S[Si](SC(=O)OC)(SC(=O)OC)SC(=O)OC. The zero-order chi connectivity index (χ0) is 16.5. The highest BCUT2D eigenvalue weighted by molar-refractivity contribution is 9.06. The van der Waals surface area contributed by atoms with Crippen LogP contribution in [-0.2, 0) is 18.9 Å². The molecular weight excluding hydrogens is 380 g/mol. The summed E-state index contributed by atoms with van der Waals surface area (Å²) in [6.07, 6.45) is 0. The van der Waals surface area contributed by atoms with E-state index >= 15 is 0 Å². The second-order valence-corrected chi connectivity index (χ2v) is 20.3. The van der Waals surface area contributed by atoms with E-state index in [0.29, 0.717) is 44.8 Å². The van der Waals surface area contributed by atoms with Crippen molar-refractivity contribution in [1.29, 1.82) is 0 Å². The molecule has 0 heterocycles. The maximum absolute atomic E-state index is 11.5. The summed E-state index contributed by atoms with van der Waals surface area (Å²) in [6.45, 7) is 0.